The Morgan fingerprint density at radius 2 is 2.05 bits per heavy atom. The SMILES string of the molecule is COCCCCn1cc(C(C)N(C(=O)[C@H]2CN(C(=O)OC(C)(C)C)CCO2)C2CC2)c2cc(F)cnc21. The van der Waals surface area contributed by atoms with E-state index in [1.807, 2.05) is 43.4 Å². The molecule has 2 aromatic heterocycles. The molecule has 1 saturated carbocycles. The van der Waals surface area contributed by atoms with Crippen LogP contribution in [0.15, 0.2) is 18.5 Å². The van der Waals surface area contributed by atoms with E-state index in [1.54, 1.807) is 7.11 Å². The summed E-state index contributed by atoms with van der Waals surface area (Å²) in [6.07, 6.45) is 5.61. The number of carbonyl (C=O) groups excluding carboxylic acids is 2. The van der Waals surface area contributed by atoms with Crippen LogP contribution in [-0.2, 0) is 25.5 Å². The molecule has 2 amide bonds. The van der Waals surface area contributed by atoms with Crippen LogP contribution < -0.4 is 0 Å². The van der Waals surface area contributed by atoms with Crippen molar-refractivity contribution < 1.29 is 28.2 Å². The Morgan fingerprint density at radius 1 is 1.30 bits per heavy atom. The summed E-state index contributed by atoms with van der Waals surface area (Å²) < 4.78 is 32.8. The Hall–Kier alpha value is -2.72. The molecule has 4 rings (SSSR count). The second-order valence-corrected chi connectivity index (χ2v) is 10.9. The predicted molar refractivity (Wildman–Crippen MR) is 137 cm³/mol. The molecule has 2 fully saturated rings. The number of fused-ring (bicyclic) bond motifs is 1. The molecule has 0 aromatic carbocycles. The van der Waals surface area contributed by atoms with Gasteiger partial charge in [0.25, 0.3) is 5.91 Å². The van der Waals surface area contributed by atoms with Crippen molar-refractivity contribution in [1.29, 1.82) is 0 Å². The molecule has 1 unspecified atom stereocenters. The molecular formula is C27H39FN4O5. The van der Waals surface area contributed by atoms with Crippen LogP contribution in [0.1, 0.15) is 65.0 Å². The average Bonchev–Trinajstić information content (AvgIpc) is 3.61. The van der Waals surface area contributed by atoms with E-state index in [1.165, 1.54) is 17.2 Å². The molecule has 37 heavy (non-hydrogen) atoms. The summed E-state index contributed by atoms with van der Waals surface area (Å²) in [7, 11) is 1.68. The molecule has 2 aromatic rings. The Balaban J connectivity index is 1.56. The van der Waals surface area contributed by atoms with Crippen molar-refractivity contribution >= 4 is 23.0 Å². The number of morpholine rings is 1. The summed E-state index contributed by atoms with van der Waals surface area (Å²) in [6.45, 7) is 9.59. The number of halogens is 1. The van der Waals surface area contributed by atoms with Crippen LogP contribution in [0.4, 0.5) is 9.18 Å². The molecule has 0 bridgehead atoms. The number of aryl methyl sites for hydroxylation is 1. The lowest BCUT2D eigenvalue weighted by atomic mass is 10.1. The molecule has 0 radical (unpaired) electrons. The molecule has 10 heteroatoms. The van der Waals surface area contributed by atoms with Crippen LogP contribution in [0.25, 0.3) is 11.0 Å². The van der Waals surface area contributed by atoms with Gasteiger partial charge in [-0.1, -0.05) is 0 Å². The van der Waals surface area contributed by atoms with E-state index in [-0.39, 0.29) is 31.1 Å². The summed E-state index contributed by atoms with van der Waals surface area (Å²) in [4.78, 5) is 34.2. The average molecular weight is 519 g/mol. The normalized spacial score (nSPS) is 19.2. The largest absolute Gasteiger partial charge is 0.444 e. The van der Waals surface area contributed by atoms with Crippen molar-refractivity contribution in [1.82, 2.24) is 19.4 Å². The van der Waals surface area contributed by atoms with Crippen LogP contribution in [0.3, 0.4) is 0 Å². The van der Waals surface area contributed by atoms with Gasteiger partial charge in [0.1, 0.15) is 17.1 Å². The zero-order valence-electron chi connectivity index (χ0n) is 22.5. The number of amides is 2. The van der Waals surface area contributed by atoms with E-state index in [4.69, 9.17) is 14.2 Å². The highest BCUT2D eigenvalue weighted by molar-refractivity contribution is 5.85. The van der Waals surface area contributed by atoms with Gasteiger partial charge in [0.15, 0.2) is 6.10 Å². The number of hydrogen-bond acceptors (Lipinski definition) is 6. The molecule has 1 saturated heterocycles. The lowest BCUT2D eigenvalue weighted by Gasteiger charge is -2.37. The third kappa shape index (κ3) is 6.59. The first kappa shape index (κ1) is 27.3. The number of hydrogen-bond donors (Lipinski definition) is 0. The molecule has 1 aliphatic heterocycles. The van der Waals surface area contributed by atoms with Crippen molar-refractivity contribution in [2.45, 2.75) is 83.7 Å². The molecule has 0 spiro atoms. The lowest BCUT2D eigenvalue weighted by molar-refractivity contribution is -0.151. The fraction of sp³-hybridized carbons (Fsp3) is 0.667. The van der Waals surface area contributed by atoms with Crippen LogP contribution in [0, 0.1) is 5.82 Å². The van der Waals surface area contributed by atoms with E-state index in [0.29, 0.717) is 24.2 Å². The van der Waals surface area contributed by atoms with E-state index < -0.39 is 23.6 Å². The first-order valence-corrected chi connectivity index (χ1v) is 13.1. The second kappa shape index (κ2) is 11.3. The summed E-state index contributed by atoms with van der Waals surface area (Å²) >= 11 is 0. The molecular weight excluding hydrogens is 479 g/mol. The molecule has 9 nitrogen and oxygen atoms in total. The van der Waals surface area contributed by atoms with Crippen LogP contribution >= 0.6 is 0 Å². The van der Waals surface area contributed by atoms with E-state index in [9.17, 15) is 14.0 Å². The van der Waals surface area contributed by atoms with Gasteiger partial charge < -0.3 is 28.6 Å². The number of nitrogens with zero attached hydrogens (tertiary/aromatic N) is 4. The van der Waals surface area contributed by atoms with Crippen molar-refractivity contribution in [3.63, 3.8) is 0 Å². The predicted octanol–water partition coefficient (Wildman–Crippen LogP) is 4.29. The van der Waals surface area contributed by atoms with E-state index >= 15 is 0 Å². The number of unbranched alkanes of at least 4 members (excludes halogenated alkanes) is 1. The molecule has 1 aliphatic carbocycles. The Kier molecular flexibility index (Phi) is 8.38. The number of aromatic nitrogens is 2. The zero-order valence-corrected chi connectivity index (χ0v) is 22.5. The standard InChI is InChI=1S/C27H39FN4O5/c1-18(22-16-30(10-6-7-12-35-5)24-21(22)14-19(28)15-29-24)32(20-8-9-20)25(33)23-17-31(11-13-36-23)26(34)37-27(2,3)4/h14-16,18,20,23H,6-13,17H2,1-5H3/t18?,23-/m1/s1. The minimum absolute atomic E-state index is 0.0876. The molecule has 2 atom stereocenters. The topological polar surface area (TPSA) is 86.1 Å². The smallest absolute Gasteiger partial charge is 0.410 e. The van der Waals surface area contributed by atoms with Gasteiger partial charge in [0.05, 0.1) is 25.4 Å². The quantitative estimate of drug-likeness (QED) is 0.461. The van der Waals surface area contributed by atoms with Crippen molar-refractivity contribution in [2.75, 3.05) is 33.4 Å². The number of pyridine rings is 1. The maximum absolute atomic E-state index is 14.3. The highest BCUT2D eigenvalue weighted by Crippen LogP contribution is 2.38. The fourth-order valence-corrected chi connectivity index (χ4v) is 4.85. The third-order valence-corrected chi connectivity index (χ3v) is 6.76. The van der Waals surface area contributed by atoms with Gasteiger partial charge >= 0.3 is 6.09 Å². The van der Waals surface area contributed by atoms with Crippen molar-refractivity contribution in [2.24, 2.45) is 0 Å². The molecule has 2 aliphatic rings. The maximum Gasteiger partial charge on any atom is 0.410 e. The van der Waals surface area contributed by atoms with Crippen LogP contribution in [0.2, 0.25) is 0 Å². The van der Waals surface area contributed by atoms with Gasteiger partial charge in [-0.05, 0) is 59.4 Å². The van der Waals surface area contributed by atoms with Gasteiger partial charge in [0.2, 0.25) is 0 Å². The fourth-order valence-electron chi connectivity index (χ4n) is 4.85. The van der Waals surface area contributed by atoms with Gasteiger partial charge in [-0.15, -0.1) is 0 Å². The van der Waals surface area contributed by atoms with E-state index in [0.717, 1.165) is 37.8 Å². The molecule has 0 N–H and O–H groups in total. The van der Waals surface area contributed by atoms with Gasteiger partial charge in [-0.25, -0.2) is 14.2 Å². The minimum Gasteiger partial charge on any atom is -0.444 e. The first-order chi connectivity index (χ1) is 17.6. The lowest BCUT2D eigenvalue weighted by Crippen LogP contribution is -2.54. The summed E-state index contributed by atoms with van der Waals surface area (Å²) in [5.41, 5.74) is 0.938. The van der Waals surface area contributed by atoms with Crippen molar-refractivity contribution in [3.05, 3.63) is 29.8 Å². The highest BCUT2D eigenvalue weighted by Gasteiger charge is 2.42. The molecule has 3 heterocycles. The zero-order chi connectivity index (χ0) is 26.7. The Morgan fingerprint density at radius 3 is 2.73 bits per heavy atom. The van der Waals surface area contributed by atoms with Crippen molar-refractivity contribution in [3.8, 4) is 0 Å². The Bertz CT molecular complexity index is 1110. The summed E-state index contributed by atoms with van der Waals surface area (Å²) in [6, 6.07) is 1.27. The van der Waals surface area contributed by atoms with E-state index in [2.05, 4.69) is 4.98 Å². The van der Waals surface area contributed by atoms with Gasteiger partial charge in [-0.2, -0.15) is 0 Å². The van der Waals surface area contributed by atoms with Crippen LogP contribution in [-0.4, -0.2) is 82.5 Å². The first-order valence-electron chi connectivity index (χ1n) is 13.1. The second-order valence-electron chi connectivity index (χ2n) is 10.9. The van der Waals surface area contributed by atoms with Crippen LogP contribution in [0.5, 0.6) is 0 Å². The van der Waals surface area contributed by atoms with Gasteiger partial charge in [0, 0.05) is 50.0 Å². The number of rotatable bonds is 9. The minimum atomic E-state index is -0.776. The number of carbonyl (C=O) groups is 2. The Labute approximate surface area is 217 Å². The third-order valence-electron chi connectivity index (χ3n) is 6.76. The highest BCUT2D eigenvalue weighted by atomic mass is 19.1. The van der Waals surface area contributed by atoms with Gasteiger partial charge in [-0.3, -0.25) is 4.79 Å². The number of methoxy groups -OCH3 is 1. The summed E-state index contributed by atoms with van der Waals surface area (Å²) in [5.74, 6) is -0.570. The monoisotopic (exact) mass is 518 g/mol. The summed E-state index contributed by atoms with van der Waals surface area (Å²) in [5, 5.41) is 0.706. The number of ether oxygens (including phenoxy) is 3. The molecule has 204 valence electrons. The maximum atomic E-state index is 14.3.